The zero-order chi connectivity index (χ0) is 15.6. The highest BCUT2D eigenvalue weighted by molar-refractivity contribution is 9.10. The number of alkyl halides is 3. The molecule has 0 fully saturated rings. The Morgan fingerprint density at radius 3 is 2.48 bits per heavy atom. The topological polar surface area (TPSA) is 46.5 Å². The molecule has 0 saturated heterocycles. The Morgan fingerprint density at radius 2 is 1.86 bits per heavy atom. The molecule has 2 aromatic carbocycles. The quantitative estimate of drug-likeness (QED) is 0.841. The molecular formula is C14H8BrF3O3. The van der Waals surface area contributed by atoms with Gasteiger partial charge in [0, 0.05) is 4.47 Å². The normalized spacial score (nSPS) is 11.2. The summed E-state index contributed by atoms with van der Waals surface area (Å²) >= 11 is 2.97. The van der Waals surface area contributed by atoms with Crippen molar-refractivity contribution >= 4 is 21.9 Å². The number of carboxylic acids is 1. The molecule has 7 heteroatoms. The zero-order valence-corrected chi connectivity index (χ0v) is 11.9. The van der Waals surface area contributed by atoms with Crippen LogP contribution in [0.15, 0.2) is 46.9 Å². The van der Waals surface area contributed by atoms with Crippen LogP contribution in [-0.2, 0) is 6.18 Å². The molecule has 3 nitrogen and oxygen atoms in total. The monoisotopic (exact) mass is 360 g/mol. The van der Waals surface area contributed by atoms with Gasteiger partial charge in [-0.05, 0) is 36.4 Å². The number of hydrogen-bond acceptors (Lipinski definition) is 2. The molecular weight excluding hydrogens is 353 g/mol. The fourth-order valence-electron chi connectivity index (χ4n) is 1.63. The summed E-state index contributed by atoms with van der Waals surface area (Å²) in [7, 11) is 0. The van der Waals surface area contributed by atoms with Crippen molar-refractivity contribution in [2.45, 2.75) is 6.18 Å². The molecule has 1 N–H and O–H groups in total. The van der Waals surface area contributed by atoms with Gasteiger partial charge in [-0.1, -0.05) is 22.0 Å². The van der Waals surface area contributed by atoms with Crippen molar-refractivity contribution in [3.63, 3.8) is 0 Å². The van der Waals surface area contributed by atoms with Crippen LogP contribution in [0.1, 0.15) is 15.9 Å². The van der Waals surface area contributed by atoms with Crippen LogP contribution >= 0.6 is 15.9 Å². The Morgan fingerprint density at radius 1 is 1.14 bits per heavy atom. The van der Waals surface area contributed by atoms with Gasteiger partial charge in [0.15, 0.2) is 0 Å². The first-order valence-corrected chi connectivity index (χ1v) is 6.44. The minimum atomic E-state index is -4.58. The van der Waals surface area contributed by atoms with Gasteiger partial charge in [-0.15, -0.1) is 0 Å². The van der Waals surface area contributed by atoms with Crippen molar-refractivity contribution in [1.82, 2.24) is 0 Å². The molecule has 0 radical (unpaired) electrons. The van der Waals surface area contributed by atoms with Crippen molar-refractivity contribution in [3.8, 4) is 11.5 Å². The third kappa shape index (κ3) is 3.75. The Labute approximate surface area is 126 Å². The molecule has 0 amide bonds. The van der Waals surface area contributed by atoms with E-state index in [2.05, 4.69) is 15.9 Å². The van der Waals surface area contributed by atoms with Gasteiger partial charge in [0.25, 0.3) is 0 Å². The predicted octanol–water partition coefficient (Wildman–Crippen LogP) is 4.96. The maximum atomic E-state index is 12.9. The van der Waals surface area contributed by atoms with E-state index in [0.29, 0.717) is 0 Å². The van der Waals surface area contributed by atoms with Crippen LogP contribution < -0.4 is 4.74 Å². The molecule has 2 aromatic rings. The highest BCUT2D eigenvalue weighted by Crippen LogP contribution is 2.39. The van der Waals surface area contributed by atoms with Crippen LogP contribution in [0.5, 0.6) is 11.5 Å². The number of hydrogen-bond donors (Lipinski definition) is 1. The van der Waals surface area contributed by atoms with Crippen LogP contribution in [0.4, 0.5) is 13.2 Å². The zero-order valence-electron chi connectivity index (χ0n) is 10.3. The van der Waals surface area contributed by atoms with E-state index in [1.165, 1.54) is 30.3 Å². The van der Waals surface area contributed by atoms with Crippen LogP contribution in [0.3, 0.4) is 0 Å². The Balaban J connectivity index is 2.40. The largest absolute Gasteiger partial charge is 0.478 e. The summed E-state index contributed by atoms with van der Waals surface area (Å²) in [5, 5.41) is 8.85. The van der Waals surface area contributed by atoms with E-state index in [9.17, 15) is 18.0 Å². The van der Waals surface area contributed by atoms with E-state index in [0.717, 1.165) is 12.1 Å². The lowest BCUT2D eigenvalue weighted by atomic mass is 10.2. The molecule has 110 valence electrons. The minimum Gasteiger partial charge on any atom is -0.478 e. The number of carbonyl (C=O) groups is 1. The number of ether oxygens (including phenoxy) is 1. The van der Waals surface area contributed by atoms with E-state index >= 15 is 0 Å². The average molecular weight is 361 g/mol. The van der Waals surface area contributed by atoms with Crippen molar-refractivity contribution in [2.75, 3.05) is 0 Å². The van der Waals surface area contributed by atoms with Gasteiger partial charge in [-0.3, -0.25) is 0 Å². The van der Waals surface area contributed by atoms with Crippen molar-refractivity contribution in [2.24, 2.45) is 0 Å². The molecule has 0 aromatic heterocycles. The van der Waals surface area contributed by atoms with Crippen LogP contribution in [-0.4, -0.2) is 11.1 Å². The van der Waals surface area contributed by atoms with Gasteiger partial charge in [0.2, 0.25) is 0 Å². The van der Waals surface area contributed by atoms with Crippen LogP contribution in [0.25, 0.3) is 0 Å². The van der Waals surface area contributed by atoms with Crippen molar-refractivity contribution in [1.29, 1.82) is 0 Å². The highest BCUT2D eigenvalue weighted by atomic mass is 79.9. The first kappa shape index (κ1) is 15.4. The van der Waals surface area contributed by atoms with Crippen molar-refractivity contribution < 1.29 is 27.8 Å². The number of aromatic carboxylic acids is 1. The van der Waals surface area contributed by atoms with Gasteiger partial charge < -0.3 is 9.84 Å². The molecule has 0 heterocycles. The Hall–Kier alpha value is -2.02. The summed E-state index contributed by atoms with van der Waals surface area (Å²) in [4.78, 5) is 10.8. The molecule has 0 saturated carbocycles. The number of rotatable bonds is 3. The first-order chi connectivity index (χ1) is 9.77. The summed E-state index contributed by atoms with van der Waals surface area (Å²) in [6, 6.07) is 8.73. The smallest absolute Gasteiger partial charge is 0.420 e. The fraction of sp³-hybridized carbons (Fsp3) is 0.0714. The van der Waals surface area contributed by atoms with Gasteiger partial charge in [-0.25, -0.2) is 4.79 Å². The maximum Gasteiger partial charge on any atom is 0.420 e. The molecule has 0 aliphatic heterocycles. The first-order valence-electron chi connectivity index (χ1n) is 5.65. The van der Waals surface area contributed by atoms with Crippen LogP contribution in [0, 0.1) is 0 Å². The van der Waals surface area contributed by atoms with E-state index < -0.39 is 23.5 Å². The Bertz CT molecular complexity index is 683. The second kappa shape index (κ2) is 5.77. The number of carboxylic acid groups (broad SMARTS) is 1. The molecule has 0 bridgehead atoms. The summed E-state index contributed by atoms with van der Waals surface area (Å²) in [6.07, 6.45) is -4.58. The van der Waals surface area contributed by atoms with Gasteiger partial charge in [-0.2, -0.15) is 13.2 Å². The maximum absolute atomic E-state index is 12.9. The van der Waals surface area contributed by atoms with Crippen molar-refractivity contribution in [3.05, 3.63) is 58.1 Å². The minimum absolute atomic E-state index is 0.0164. The third-order valence-electron chi connectivity index (χ3n) is 2.56. The van der Waals surface area contributed by atoms with Gasteiger partial charge in [0.1, 0.15) is 11.5 Å². The van der Waals surface area contributed by atoms with E-state index in [-0.39, 0.29) is 15.8 Å². The molecule has 0 unspecified atom stereocenters. The standard InChI is InChI=1S/C14H8BrF3O3/c15-9-4-5-12(11(7-9)14(16,17)18)21-10-3-1-2-8(6-10)13(19)20/h1-7H,(H,19,20). The SMILES string of the molecule is O=C(O)c1cccc(Oc2ccc(Br)cc2C(F)(F)F)c1. The molecule has 0 aliphatic rings. The summed E-state index contributed by atoms with van der Waals surface area (Å²) in [5.74, 6) is -1.57. The second-order valence-electron chi connectivity index (χ2n) is 4.07. The lowest BCUT2D eigenvalue weighted by Crippen LogP contribution is -2.07. The third-order valence-corrected chi connectivity index (χ3v) is 3.05. The Kier molecular flexibility index (Phi) is 4.22. The fourth-order valence-corrected chi connectivity index (χ4v) is 1.99. The lowest BCUT2D eigenvalue weighted by Gasteiger charge is -2.14. The van der Waals surface area contributed by atoms with E-state index in [1.54, 1.807) is 0 Å². The summed E-state index contributed by atoms with van der Waals surface area (Å²) in [5.41, 5.74) is -1.02. The molecule has 0 aliphatic carbocycles. The number of benzene rings is 2. The molecule has 21 heavy (non-hydrogen) atoms. The summed E-state index contributed by atoms with van der Waals surface area (Å²) in [6.45, 7) is 0. The molecule has 0 atom stereocenters. The highest BCUT2D eigenvalue weighted by Gasteiger charge is 2.34. The average Bonchev–Trinajstić information content (AvgIpc) is 2.40. The van der Waals surface area contributed by atoms with E-state index in [4.69, 9.17) is 9.84 Å². The predicted molar refractivity (Wildman–Crippen MR) is 72.6 cm³/mol. The van der Waals surface area contributed by atoms with E-state index in [1.807, 2.05) is 0 Å². The van der Waals surface area contributed by atoms with Gasteiger partial charge >= 0.3 is 12.1 Å². The molecule has 2 rings (SSSR count). The lowest BCUT2D eigenvalue weighted by molar-refractivity contribution is -0.138. The van der Waals surface area contributed by atoms with Crippen LogP contribution in [0.2, 0.25) is 0 Å². The number of halogens is 4. The van der Waals surface area contributed by atoms with Gasteiger partial charge in [0.05, 0.1) is 11.1 Å². The molecule has 0 spiro atoms. The second-order valence-corrected chi connectivity index (χ2v) is 4.99. The summed E-state index contributed by atoms with van der Waals surface area (Å²) < 4.78 is 44.3.